The first-order chi connectivity index (χ1) is 12.5. The van der Waals surface area contributed by atoms with Crippen LogP contribution in [-0.2, 0) is 11.3 Å². The quantitative estimate of drug-likeness (QED) is 0.660. The van der Waals surface area contributed by atoms with Crippen LogP contribution in [0.15, 0.2) is 54.2 Å². The number of aromatic nitrogens is 2. The summed E-state index contributed by atoms with van der Waals surface area (Å²) in [4.78, 5) is 28.3. The number of ether oxygens (including phenoxy) is 1. The fourth-order valence-corrected chi connectivity index (χ4v) is 2.76. The molecule has 0 aliphatic carbocycles. The van der Waals surface area contributed by atoms with E-state index >= 15 is 0 Å². The van der Waals surface area contributed by atoms with Crippen molar-refractivity contribution in [3.63, 3.8) is 0 Å². The predicted molar refractivity (Wildman–Crippen MR) is 91.3 cm³/mol. The molecule has 0 spiro atoms. The summed E-state index contributed by atoms with van der Waals surface area (Å²) >= 11 is 1.32. The number of amides is 1. The number of alkyl halides is 2. The minimum absolute atomic E-state index is 0.0480. The van der Waals surface area contributed by atoms with Crippen LogP contribution in [0.2, 0.25) is 0 Å². The lowest BCUT2D eigenvalue weighted by molar-refractivity contribution is 0.0376. The van der Waals surface area contributed by atoms with Crippen LogP contribution in [0.3, 0.4) is 0 Å². The van der Waals surface area contributed by atoms with Crippen molar-refractivity contribution in [1.82, 2.24) is 9.55 Å². The van der Waals surface area contributed by atoms with E-state index in [4.69, 9.17) is 4.74 Å². The lowest BCUT2D eigenvalue weighted by atomic mass is 10.2. The van der Waals surface area contributed by atoms with Gasteiger partial charge in [0.1, 0.15) is 6.61 Å². The molecule has 26 heavy (non-hydrogen) atoms. The van der Waals surface area contributed by atoms with E-state index < -0.39 is 12.5 Å². The Morgan fingerprint density at radius 2 is 2.00 bits per heavy atom. The molecule has 6 nitrogen and oxygen atoms in total. The smallest absolute Gasteiger partial charge is 0.338 e. The van der Waals surface area contributed by atoms with E-state index in [1.807, 2.05) is 0 Å². The van der Waals surface area contributed by atoms with Crippen molar-refractivity contribution in [2.45, 2.75) is 13.2 Å². The van der Waals surface area contributed by atoms with Crippen LogP contribution in [-0.4, -0.2) is 21.4 Å². The standard InChI is InChI=1S/C17H13F2N3O3S/c18-17(19)22-8-7-20-14(22)10-25-16(24)11-3-5-12(6-4-11)21-15(23)13-2-1-9-26-13/h1-9,17H,10H2,(H,21,23). The number of benzene rings is 1. The molecule has 0 aliphatic heterocycles. The van der Waals surface area contributed by atoms with Crippen molar-refractivity contribution in [2.24, 2.45) is 0 Å². The van der Waals surface area contributed by atoms with Gasteiger partial charge in [-0.05, 0) is 35.7 Å². The van der Waals surface area contributed by atoms with Gasteiger partial charge in [-0.3, -0.25) is 9.36 Å². The van der Waals surface area contributed by atoms with E-state index in [-0.39, 0.29) is 23.9 Å². The van der Waals surface area contributed by atoms with Crippen LogP contribution in [0.1, 0.15) is 32.4 Å². The normalized spacial score (nSPS) is 10.7. The second kappa shape index (κ2) is 7.87. The lowest BCUT2D eigenvalue weighted by Gasteiger charge is -2.08. The van der Waals surface area contributed by atoms with Crippen LogP contribution in [0.4, 0.5) is 14.5 Å². The van der Waals surface area contributed by atoms with Crippen molar-refractivity contribution in [2.75, 3.05) is 5.32 Å². The Bertz CT molecular complexity index is 892. The van der Waals surface area contributed by atoms with E-state index in [0.717, 1.165) is 6.20 Å². The molecule has 3 rings (SSSR count). The third kappa shape index (κ3) is 4.12. The van der Waals surface area contributed by atoms with Gasteiger partial charge in [0.05, 0.1) is 10.4 Å². The average molecular weight is 377 g/mol. The Balaban J connectivity index is 1.58. The van der Waals surface area contributed by atoms with Gasteiger partial charge in [0.15, 0.2) is 5.82 Å². The summed E-state index contributed by atoms with van der Waals surface area (Å²) < 4.78 is 31.0. The molecule has 0 aliphatic rings. The summed E-state index contributed by atoms with van der Waals surface area (Å²) in [5.74, 6) is -0.965. The van der Waals surface area contributed by atoms with Gasteiger partial charge >= 0.3 is 12.5 Å². The van der Waals surface area contributed by atoms with E-state index in [9.17, 15) is 18.4 Å². The number of imidazole rings is 1. The topological polar surface area (TPSA) is 73.2 Å². The predicted octanol–water partition coefficient (Wildman–Crippen LogP) is 3.95. The number of esters is 1. The highest BCUT2D eigenvalue weighted by atomic mass is 32.1. The van der Waals surface area contributed by atoms with Crippen LogP contribution < -0.4 is 5.32 Å². The molecule has 1 aromatic carbocycles. The molecule has 0 atom stereocenters. The minimum Gasteiger partial charge on any atom is -0.454 e. The second-order valence-electron chi connectivity index (χ2n) is 5.11. The van der Waals surface area contributed by atoms with Gasteiger partial charge in [-0.1, -0.05) is 6.07 Å². The molecular weight excluding hydrogens is 364 g/mol. The largest absolute Gasteiger partial charge is 0.454 e. The fourth-order valence-electron chi connectivity index (χ4n) is 2.14. The summed E-state index contributed by atoms with van der Waals surface area (Å²) in [6, 6.07) is 9.55. The van der Waals surface area contributed by atoms with Gasteiger partial charge < -0.3 is 10.1 Å². The summed E-state index contributed by atoms with van der Waals surface area (Å²) in [6.45, 7) is -3.12. The number of carbonyl (C=O) groups excluding carboxylic acids is 2. The molecule has 0 saturated heterocycles. The highest BCUT2D eigenvalue weighted by Gasteiger charge is 2.14. The molecule has 2 heterocycles. The van der Waals surface area contributed by atoms with Gasteiger partial charge in [0.25, 0.3) is 5.91 Å². The molecule has 1 amide bonds. The maximum absolute atomic E-state index is 12.7. The second-order valence-corrected chi connectivity index (χ2v) is 6.06. The molecule has 2 aromatic heterocycles. The Hall–Kier alpha value is -3.07. The van der Waals surface area contributed by atoms with Crippen LogP contribution in [0.5, 0.6) is 0 Å². The Morgan fingerprint density at radius 3 is 2.65 bits per heavy atom. The number of halogens is 2. The van der Waals surface area contributed by atoms with Crippen molar-refractivity contribution < 1.29 is 23.1 Å². The number of nitrogens with one attached hydrogen (secondary N) is 1. The lowest BCUT2D eigenvalue weighted by Crippen LogP contribution is -2.11. The zero-order chi connectivity index (χ0) is 18.5. The first kappa shape index (κ1) is 17.7. The first-order valence-corrected chi connectivity index (χ1v) is 8.34. The molecule has 0 unspecified atom stereocenters. The third-order valence-corrected chi connectivity index (χ3v) is 4.28. The number of anilines is 1. The Morgan fingerprint density at radius 1 is 1.23 bits per heavy atom. The monoisotopic (exact) mass is 377 g/mol. The van der Waals surface area contributed by atoms with Gasteiger partial charge in [0.2, 0.25) is 0 Å². The van der Waals surface area contributed by atoms with Gasteiger partial charge in [-0.2, -0.15) is 8.78 Å². The van der Waals surface area contributed by atoms with Crippen LogP contribution in [0, 0.1) is 0 Å². The van der Waals surface area contributed by atoms with E-state index in [2.05, 4.69) is 10.3 Å². The van der Waals surface area contributed by atoms with Crippen molar-refractivity contribution in [3.8, 4) is 0 Å². The molecule has 3 aromatic rings. The summed E-state index contributed by atoms with van der Waals surface area (Å²) in [6.07, 6.45) is 2.32. The maximum atomic E-state index is 12.7. The van der Waals surface area contributed by atoms with Crippen LogP contribution >= 0.6 is 11.3 Å². The third-order valence-electron chi connectivity index (χ3n) is 3.41. The molecule has 9 heteroatoms. The first-order valence-electron chi connectivity index (χ1n) is 7.46. The van der Waals surface area contributed by atoms with Gasteiger partial charge in [-0.15, -0.1) is 11.3 Å². The zero-order valence-electron chi connectivity index (χ0n) is 13.3. The molecular formula is C17H13F2N3O3S. The molecule has 0 saturated carbocycles. The van der Waals surface area contributed by atoms with E-state index in [0.29, 0.717) is 15.1 Å². The van der Waals surface area contributed by atoms with Crippen LogP contribution in [0.25, 0.3) is 0 Å². The number of hydrogen-bond donors (Lipinski definition) is 1. The summed E-state index contributed by atoms with van der Waals surface area (Å²) in [5.41, 5.74) is 0.752. The molecule has 0 bridgehead atoms. The summed E-state index contributed by atoms with van der Waals surface area (Å²) in [5, 5.41) is 4.51. The van der Waals surface area contributed by atoms with E-state index in [1.165, 1.54) is 29.7 Å². The highest BCUT2D eigenvalue weighted by Crippen LogP contribution is 2.16. The average Bonchev–Trinajstić information content (AvgIpc) is 3.32. The Labute approximate surface area is 151 Å². The number of nitrogens with zero attached hydrogens (tertiary/aromatic N) is 2. The van der Waals surface area contributed by atoms with Gasteiger partial charge in [-0.25, -0.2) is 9.78 Å². The number of thiophene rings is 1. The van der Waals surface area contributed by atoms with E-state index in [1.54, 1.807) is 29.6 Å². The van der Waals surface area contributed by atoms with Crippen molar-refractivity contribution in [3.05, 3.63) is 70.4 Å². The molecule has 1 N–H and O–H groups in total. The number of rotatable bonds is 6. The highest BCUT2D eigenvalue weighted by molar-refractivity contribution is 7.12. The number of hydrogen-bond acceptors (Lipinski definition) is 5. The fraction of sp³-hybridized carbons (Fsp3) is 0.118. The zero-order valence-corrected chi connectivity index (χ0v) is 14.1. The van der Waals surface area contributed by atoms with Crippen molar-refractivity contribution >= 4 is 28.9 Å². The maximum Gasteiger partial charge on any atom is 0.338 e. The molecule has 0 radical (unpaired) electrons. The summed E-state index contributed by atoms with van der Waals surface area (Å²) in [7, 11) is 0. The minimum atomic E-state index is -2.75. The van der Waals surface area contributed by atoms with Crippen molar-refractivity contribution in [1.29, 1.82) is 0 Å². The number of carbonyl (C=O) groups is 2. The Kier molecular flexibility index (Phi) is 5.37. The van der Waals surface area contributed by atoms with Gasteiger partial charge in [0, 0.05) is 18.1 Å². The molecule has 134 valence electrons. The molecule has 0 fully saturated rings. The SMILES string of the molecule is O=C(OCc1nccn1C(F)F)c1ccc(NC(=O)c2cccs2)cc1.